The molecular weight excluding hydrogens is 272 g/mol. The predicted octanol–water partition coefficient (Wildman–Crippen LogP) is 4.17. The summed E-state index contributed by atoms with van der Waals surface area (Å²) in [6.07, 6.45) is 5.00. The van der Waals surface area contributed by atoms with Gasteiger partial charge in [-0.05, 0) is 43.7 Å². The summed E-state index contributed by atoms with van der Waals surface area (Å²) < 4.78 is 0. The van der Waals surface area contributed by atoms with Gasteiger partial charge in [0.1, 0.15) is 5.15 Å². The van der Waals surface area contributed by atoms with Crippen molar-refractivity contribution in [3.63, 3.8) is 0 Å². The fourth-order valence-corrected chi connectivity index (χ4v) is 3.02. The third-order valence-corrected chi connectivity index (χ3v) is 4.33. The molecule has 0 aliphatic heterocycles. The molecule has 0 spiro atoms. The first-order valence-electron chi connectivity index (χ1n) is 7.45. The Balaban J connectivity index is 2.08. The summed E-state index contributed by atoms with van der Waals surface area (Å²) in [6.45, 7) is 6.18. The minimum Gasteiger partial charge on any atom is -0.349 e. The van der Waals surface area contributed by atoms with Crippen LogP contribution < -0.4 is 5.32 Å². The minimum atomic E-state index is -0.0457. The average Bonchev–Trinajstić information content (AvgIpc) is 2.91. The maximum absolute atomic E-state index is 12.3. The van der Waals surface area contributed by atoms with Crippen LogP contribution in [0.25, 0.3) is 0 Å². The first-order chi connectivity index (χ1) is 9.47. The molecule has 1 saturated carbocycles. The standard InChI is InChI=1S/C16H23ClN2O/c1-10(2)14-8-13(9-15(17)19-14)16(20)18-11(3)12-6-4-5-7-12/h8-12H,4-7H2,1-3H3,(H,18,20). The topological polar surface area (TPSA) is 42.0 Å². The molecule has 0 aromatic carbocycles. The van der Waals surface area contributed by atoms with Crippen molar-refractivity contribution in [2.75, 3.05) is 0 Å². The van der Waals surface area contributed by atoms with E-state index >= 15 is 0 Å². The normalized spacial score (nSPS) is 17.4. The summed E-state index contributed by atoms with van der Waals surface area (Å²) in [7, 11) is 0. The minimum absolute atomic E-state index is 0.0457. The second kappa shape index (κ2) is 6.57. The maximum Gasteiger partial charge on any atom is 0.251 e. The van der Waals surface area contributed by atoms with Crippen LogP contribution in [0.4, 0.5) is 0 Å². The molecule has 1 atom stereocenters. The molecule has 110 valence electrons. The molecule has 1 N–H and O–H groups in total. The zero-order valence-corrected chi connectivity index (χ0v) is 13.2. The lowest BCUT2D eigenvalue weighted by atomic mass is 9.99. The fourth-order valence-electron chi connectivity index (χ4n) is 2.81. The van der Waals surface area contributed by atoms with Crippen LogP contribution in [0.5, 0.6) is 0 Å². The molecule has 3 nitrogen and oxygen atoms in total. The molecule has 20 heavy (non-hydrogen) atoms. The Morgan fingerprint density at radius 1 is 1.30 bits per heavy atom. The second-order valence-electron chi connectivity index (χ2n) is 6.06. The SMILES string of the molecule is CC(C)c1cc(C(=O)NC(C)C2CCCC2)cc(Cl)n1. The van der Waals surface area contributed by atoms with E-state index in [4.69, 9.17) is 11.6 Å². The van der Waals surface area contributed by atoms with Crippen LogP contribution >= 0.6 is 11.6 Å². The average molecular weight is 295 g/mol. The number of nitrogens with one attached hydrogen (secondary N) is 1. The van der Waals surface area contributed by atoms with E-state index in [1.807, 2.05) is 19.9 Å². The molecule has 1 aromatic rings. The highest BCUT2D eigenvalue weighted by Gasteiger charge is 2.23. The van der Waals surface area contributed by atoms with E-state index < -0.39 is 0 Å². The van der Waals surface area contributed by atoms with Crippen LogP contribution in [0.15, 0.2) is 12.1 Å². The van der Waals surface area contributed by atoms with E-state index in [0.717, 1.165) is 5.69 Å². The molecule has 1 heterocycles. The van der Waals surface area contributed by atoms with Crippen molar-refractivity contribution in [2.45, 2.75) is 58.4 Å². The highest BCUT2D eigenvalue weighted by molar-refractivity contribution is 6.29. The molecule has 0 radical (unpaired) electrons. The number of hydrogen-bond acceptors (Lipinski definition) is 2. The Morgan fingerprint density at radius 3 is 2.55 bits per heavy atom. The molecular formula is C16H23ClN2O. The zero-order valence-electron chi connectivity index (χ0n) is 12.4. The van der Waals surface area contributed by atoms with Crippen molar-refractivity contribution in [3.05, 3.63) is 28.5 Å². The Labute approximate surface area is 126 Å². The van der Waals surface area contributed by atoms with Crippen LogP contribution in [-0.4, -0.2) is 16.9 Å². The molecule has 0 bridgehead atoms. The third kappa shape index (κ3) is 3.72. The van der Waals surface area contributed by atoms with Gasteiger partial charge in [-0.15, -0.1) is 0 Å². The fraction of sp³-hybridized carbons (Fsp3) is 0.625. The molecule has 1 aliphatic carbocycles. The predicted molar refractivity (Wildman–Crippen MR) is 82.2 cm³/mol. The van der Waals surface area contributed by atoms with Crippen molar-refractivity contribution in [3.8, 4) is 0 Å². The lowest BCUT2D eigenvalue weighted by molar-refractivity contribution is 0.0927. The Morgan fingerprint density at radius 2 is 1.95 bits per heavy atom. The number of rotatable bonds is 4. The van der Waals surface area contributed by atoms with Gasteiger partial charge in [0.25, 0.3) is 5.91 Å². The number of pyridine rings is 1. The van der Waals surface area contributed by atoms with Crippen LogP contribution in [0.1, 0.15) is 68.4 Å². The number of carbonyl (C=O) groups is 1. The summed E-state index contributed by atoms with van der Waals surface area (Å²) in [4.78, 5) is 16.6. The van der Waals surface area contributed by atoms with Crippen molar-refractivity contribution < 1.29 is 4.79 Å². The number of hydrogen-bond donors (Lipinski definition) is 1. The number of carbonyl (C=O) groups excluding carboxylic acids is 1. The zero-order chi connectivity index (χ0) is 14.7. The first kappa shape index (κ1) is 15.3. The van der Waals surface area contributed by atoms with Gasteiger partial charge in [0.2, 0.25) is 0 Å². The summed E-state index contributed by atoms with van der Waals surface area (Å²) in [5.74, 6) is 0.823. The van der Waals surface area contributed by atoms with Gasteiger partial charge >= 0.3 is 0 Å². The lowest BCUT2D eigenvalue weighted by Gasteiger charge is -2.20. The highest BCUT2D eigenvalue weighted by Crippen LogP contribution is 2.27. The van der Waals surface area contributed by atoms with Crippen molar-refractivity contribution >= 4 is 17.5 Å². The molecule has 1 amide bonds. The summed E-state index contributed by atoms with van der Waals surface area (Å²) in [5, 5.41) is 3.49. The molecule has 1 unspecified atom stereocenters. The van der Waals surface area contributed by atoms with Gasteiger partial charge in [-0.1, -0.05) is 38.3 Å². The molecule has 0 saturated heterocycles. The quantitative estimate of drug-likeness (QED) is 0.847. The Kier molecular flexibility index (Phi) is 5.03. The molecule has 2 rings (SSSR count). The van der Waals surface area contributed by atoms with Crippen LogP contribution in [0.3, 0.4) is 0 Å². The summed E-state index contributed by atoms with van der Waals surface area (Å²) >= 11 is 6.01. The van der Waals surface area contributed by atoms with Crippen LogP contribution in [0, 0.1) is 5.92 Å². The van der Waals surface area contributed by atoms with E-state index in [2.05, 4.69) is 17.2 Å². The summed E-state index contributed by atoms with van der Waals surface area (Å²) in [6, 6.07) is 3.71. The van der Waals surface area contributed by atoms with Crippen molar-refractivity contribution in [1.29, 1.82) is 0 Å². The summed E-state index contributed by atoms with van der Waals surface area (Å²) in [5.41, 5.74) is 1.47. The molecule has 4 heteroatoms. The van der Waals surface area contributed by atoms with Gasteiger partial charge in [-0.3, -0.25) is 4.79 Å². The van der Waals surface area contributed by atoms with Gasteiger partial charge in [0.15, 0.2) is 0 Å². The lowest BCUT2D eigenvalue weighted by Crippen LogP contribution is -2.37. The monoisotopic (exact) mass is 294 g/mol. The molecule has 1 aliphatic rings. The van der Waals surface area contributed by atoms with Gasteiger partial charge < -0.3 is 5.32 Å². The van der Waals surface area contributed by atoms with Crippen LogP contribution in [0.2, 0.25) is 5.15 Å². The van der Waals surface area contributed by atoms with Gasteiger partial charge in [0.05, 0.1) is 0 Å². The molecule has 1 fully saturated rings. The first-order valence-corrected chi connectivity index (χ1v) is 7.83. The number of halogens is 1. The van der Waals surface area contributed by atoms with Gasteiger partial charge in [-0.2, -0.15) is 0 Å². The Bertz CT molecular complexity index is 481. The van der Waals surface area contributed by atoms with Gasteiger partial charge in [-0.25, -0.2) is 4.98 Å². The molecule has 1 aromatic heterocycles. The Hall–Kier alpha value is -1.09. The smallest absolute Gasteiger partial charge is 0.251 e. The van der Waals surface area contributed by atoms with E-state index in [-0.39, 0.29) is 17.9 Å². The van der Waals surface area contributed by atoms with E-state index in [9.17, 15) is 4.79 Å². The highest BCUT2D eigenvalue weighted by atomic mass is 35.5. The van der Waals surface area contributed by atoms with Crippen molar-refractivity contribution in [1.82, 2.24) is 10.3 Å². The van der Waals surface area contributed by atoms with E-state index in [0.29, 0.717) is 16.6 Å². The number of nitrogens with zero attached hydrogens (tertiary/aromatic N) is 1. The van der Waals surface area contributed by atoms with Crippen molar-refractivity contribution in [2.24, 2.45) is 5.92 Å². The van der Waals surface area contributed by atoms with E-state index in [1.54, 1.807) is 6.07 Å². The third-order valence-electron chi connectivity index (χ3n) is 4.13. The van der Waals surface area contributed by atoms with Gasteiger partial charge in [0, 0.05) is 17.3 Å². The largest absolute Gasteiger partial charge is 0.349 e. The number of amides is 1. The van der Waals surface area contributed by atoms with Crippen LogP contribution in [-0.2, 0) is 0 Å². The van der Waals surface area contributed by atoms with E-state index in [1.165, 1.54) is 25.7 Å². The maximum atomic E-state index is 12.3. The number of aromatic nitrogens is 1. The second-order valence-corrected chi connectivity index (χ2v) is 6.45.